The largest absolute Gasteiger partial charge is 0.508 e. The molecule has 6 heteroatoms. The lowest BCUT2D eigenvalue weighted by Gasteiger charge is -2.39. The van der Waals surface area contributed by atoms with Gasteiger partial charge in [0, 0.05) is 19.0 Å². The number of nitrogens with one attached hydrogen (secondary N) is 2. The minimum absolute atomic E-state index is 0.168. The molecule has 1 saturated heterocycles. The summed E-state index contributed by atoms with van der Waals surface area (Å²) >= 11 is 0. The van der Waals surface area contributed by atoms with Gasteiger partial charge in [0.25, 0.3) is 0 Å². The van der Waals surface area contributed by atoms with Gasteiger partial charge in [-0.1, -0.05) is 50.3 Å². The molecule has 1 aromatic rings. The van der Waals surface area contributed by atoms with Crippen molar-refractivity contribution in [3.8, 4) is 5.75 Å². The molecule has 0 radical (unpaired) electrons. The Hall–Kier alpha value is -2.73. The SMILES string of the molecule is C/C=C/c1cc(O)ccc1C(C1CCN(C(=O)OCC)CC1)C1C=CCC=CN1.CCCNCCC. The molecular formula is C30H47N3O3. The molecule has 2 atom stereocenters. The molecule has 3 rings (SSSR count). The van der Waals surface area contributed by atoms with Crippen LogP contribution in [0.4, 0.5) is 4.79 Å². The third-order valence-electron chi connectivity index (χ3n) is 6.61. The van der Waals surface area contributed by atoms with Gasteiger partial charge in [0.05, 0.1) is 12.6 Å². The van der Waals surface area contributed by atoms with Crippen LogP contribution < -0.4 is 10.6 Å². The van der Waals surface area contributed by atoms with E-state index < -0.39 is 0 Å². The van der Waals surface area contributed by atoms with E-state index in [0.29, 0.717) is 25.6 Å². The molecule has 0 spiro atoms. The number of carbonyl (C=O) groups is 1. The lowest BCUT2D eigenvalue weighted by Crippen LogP contribution is -2.43. The molecule has 1 amide bonds. The van der Waals surface area contributed by atoms with Crippen molar-refractivity contribution in [2.24, 2.45) is 5.92 Å². The second-order valence-corrected chi connectivity index (χ2v) is 9.37. The Bertz CT molecular complexity index is 853. The Labute approximate surface area is 218 Å². The van der Waals surface area contributed by atoms with Gasteiger partial charge in [0.2, 0.25) is 0 Å². The number of ether oxygens (including phenoxy) is 1. The molecule has 0 bridgehead atoms. The van der Waals surface area contributed by atoms with Crippen molar-refractivity contribution < 1.29 is 14.6 Å². The predicted octanol–water partition coefficient (Wildman–Crippen LogP) is 6.21. The quantitative estimate of drug-likeness (QED) is 0.280. The van der Waals surface area contributed by atoms with Crippen molar-refractivity contribution in [2.75, 3.05) is 32.8 Å². The van der Waals surface area contributed by atoms with Crippen LogP contribution in [0.5, 0.6) is 5.75 Å². The fourth-order valence-electron chi connectivity index (χ4n) is 4.89. The zero-order valence-electron chi connectivity index (χ0n) is 22.7. The van der Waals surface area contributed by atoms with E-state index >= 15 is 0 Å². The Kier molecular flexibility index (Phi) is 13.8. The maximum atomic E-state index is 12.1. The minimum atomic E-state index is -0.211. The van der Waals surface area contributed by atoms with E-state index in [1.807, 2.05) is 37.1 Å². The summed E-state index contributed by atoms with van der Waals surface area (Å²) in [5.41, 5.74) is 2.28. The van der Waals surface area contributed by atoms with Crippen LogP contribution in [0.25, 0.3) is 6.08 Å². The van der Waals surface area contributed by atoms with Crippen molar-refractivity contribution >= 4 is 12.2 Å². The molecule has 2 unspecified atom stereocenters. The fraction of sp³-hybridized carbons (Fsp3) is 0.567. The van der Waals surface area contributed by atoms with Crippen molar-refractivity contribution in [3.63, 3.8) is 0 Å². The number of hydrogen-bond acceptors (Lipinski definition) is 5. The Morgan fingerprint density at radius 3 is 2.56 bits per heavy atom. The summed E-state index contributed by atoms with van der Waals surface area (Å²) in [5.74, 6) is 0.940. The third-order valence-corrected chi connectivity index (χ3v) is 6.61. The second-order valence-electron chi connectivity index (χ2n) is 9.37. The van der Waals surface area contributed by atoms with Crippen molar-refractivity contribution in [3.05, 3.63) is 59.8 Å². The molecule has 0 aromatic heterocycles. The average Bonchev–Trinajstić information content (AvgIpc) is 3.16. The standard InChI is InChI=1S/C24H32N2O3.C6H15N/c1-3-8-19-17-20(27)10-11-21(19)23(22-9-6-5-7-14-25-22)18-12-15-26(16-13-18)24(28)29-4-2;1-3-5-7-6-4-2/h3,6-11,14,17-18,22-23,25,27H,4-5,12-13,15-16H2,1-2H3;7H,3-6H2,1-2H3/b8-3+;. The Morgan fingerprint density at radius 1 is 1.19 bits per heavy atom. The van der Waals surface area contributed by atoms with Gasteiger partial charge in [-0.15, -0.1) is 0 Å². The van der Waals surface area contributed by atoms with Crippen molar-refractivity contribution in [1.82, 2.24) is 15.5 Å². The molecule has 2 aliphatic heterocycles. The lowest BCUT2D eigenvalue weighted by molar-refractivity contribution is 0.0877. The molecule has 1 aromatic carbocycles. The van der Waals surface area contributed by atoms with Gasteiger partial charge < -0.3 is 25.4 Å². The highest BCUT2D eigenvalue weighted by molar-refractivity contribution is 5.67. The van der Waals surface area contributed by atoms with Crippen LogP contribution in [0.1, 0.15) is 76.8 Å². The Morgan fingerprint density at radius 2 is 1.92 bits per heavy atom. The molecule has 6 nitrogen and oxygen atoms in total. The number of nitrogens with zero attached hydrogens (tertiary/aromatic N) is 1. The fourth-order valence-corrected chi connectivity index (χ4v) is 4.89. The molecule has 2 aliphatic rings. The van der Waals surface area contributed by atoms with Crippen LogP contribution >= 0.6 is 0 Å². The molecule has 3 N–H and O–H groups in total. The highest BCUT2D eigenvalue weighted by atomic mass is 16.6. The third kappa shape index (κ3) is 9.38. The van der Waals surface area contributed by atoms with E-state index in [9.17, 15) is 9.90 Å². The number of allylic oxidation sites excluding steroid dienone is 3. The summed E-state index contributed by atoms with van der Waals surface area (Å²) < 4.78 is 5.18. The highest BCUT2D eigenvalue weighted by Gasteiger charge is 2.34. The van der Waals surface area contributed by atoms with Gasteiger partial charge in [-0.25, -0.2) is 4.79 Å². The summed E-state index contributed by atoms with van der Waals surface area (Å²) in [7, 11) is 0. The first kappa shape index (κ1) is 29.5. The van der Waals surface area contributed by atoms with Gasteiger partial charge in [-0.05, 0) is 94.4 Å². The number of hydrogen-bond donors (Lipinski definition) is 3. The summed E-state index contributed by atoms with van der Waals surface area (Å²) in [4.78, 5) is 13.9. The maximum absolute atomic E-state index is 12.1. The van der Waals surface area contributed by atoms with Gasteiger partial charge in [0.15, 0.2) is 0 Å². The van der Waals surface area contributed by atoms with E-state index in [4.69, 9.17) is 4.74 Å². The van der Waals surface area contributed by atoms with Gasteiger partial charge >= 0.3 is 6.09 Å². The lowest BCUT2D eigenvalue weighted by atomic mass is 9.74. The second kappa shape index (κ2) is 16.9. The molecule has 0 aliphatic carbocycles. The molecule has 0 saturated carbocycles. The first-order valence-corrected chi connectivity index (χ1v) is 13.7. The molecule has 1 fully saturated rings. The van der Waals surface area contributed by atoms with Crippen LogP contribution in [0, 0.1) is 5.92 Å². The number of likely N-dealkylation sites (tertiary alicyclic amines) is 1. The zero-order valence-corrected chi connectivity index (χ0v) is 22.7. The monoisotopic (exact) mass is 497 g/mol. The summed E-state index contributed by atoms with van der Waals surface area (Å²) in [6.45, 7) is 12.4. The number of phenolic OH excluding ortho intramolecular Hbond substituents is 1. The highest BCUT2D eigenvalue weighted by Crippen LogP contribution is 2.39. The van der Waals surface area contributed by atoms with E-state index in [0.717, 1.165) is 24.8 Å². The Balaban J connectivity index is 0.000000572. The van der Waals surface area contributed by atoms with Crippen LogP contribution in [0.3, 0.4) is 0 Å². The van der Waals surface area contributed by atoms with Gasteiger partial charge in [-0.3, -0.25) is 0 Å². The van der Waals surface area contributed by atoms with Crippen LogP contribution in [0.2, 0.25) is 0 Å². The number of rotatable bonds is 9. The molecule has 2 heterocycles. The van der Waals surface area contributed by atoms with E-state index in [-0.39, 0.29) is 23.8 Å². The average molecular weight is 498 g/mol. The van der Waals surface area contributed by atoms with Gasteiger partial charge in [-0.2, -0.15) is 0 Å². The number of aromatic hydroxyl groups is 1. The molecular weight excluding hydrogens is 450 g/mol. The first-order chi connectivity index (χ1) is 17.5. The minimum Gasteiger partial charge on any atom is -0.508 e. The summed E-state index contributed by atoms with van der Waals surface area (Å²) in [6, 6.07) is 5.84. The molecule has 200 valence electrons. The van der Waals surface area contributed by atoms with Crippen LogP contribution in [-0.4, -0.2) is 54.9 Å². The first-order valence-electron chi connectivity index (χ1n) is 13.7. The maximum Gasteiger partial charge on any atom is 0.409 e. The number of amides is 1. The zero-order chi connectivity index (χ0) is 26.2. The van der Waals surface area contributed by atoms with Crippen LogP contribution in [0.15, 0.2) is 48.7 Å². The molecule has 36 heavy (non-hydrogen) atoms. The van der Waals surface area contributed by atoms with E-state index in [1.54, 1.807) is 6.07 Å². The van der Waals surface area contributed by atoms with Crippen LogP contribution in [-0.2, 0) is 4.74 Å². The smallest absolute Gasteiger partial charge is 0.409 e. The van der Waals surface area contributed by atoms with Crippen molar-refractivity contribution in [1.29, 1.82) is 0 Å². The van der Waals surface area contributed by atoms with Gasteiger partial charge in [0.1, 0.15) is 5.75 Å². The number of piperidine rings is 1. The predicted molar refractivity (Wildman–Crippen MR) is 150 cm³/mol. The van der Waals surface area contributed by atoms with E-state index in [1.165, 1.54) is 31.5 Å². The summed E-state index contributed by atoms with van der Waals surface area (Å²) in [6.07, 6.45) is 17.8. The van der Waals surface area contributed by atoms with Crippen molar-refractivity contribution in [2.45, 2.75) is 71.8 Å². The number of carbonyl (C=O) groups excluding carboxylic acids is 1. The topological polar surface area (TPSA) is 73.8 Å². The number of benzene rings is 1. The number of phenols is 1. The summed E-state index contributed by atoms with van der Waals surface area (Å²) in [5, 5.41) is 16.9. The van der Waals surface area contributed by atoms with E-state index in [2.05, 4.69) is 54.9 Å². The normalized spacial score (nSPS) is 18.8.